The van der Waals surface area contributed by atoms with Crippen molar-refractivity contribution in [1.82, 2.24) is 14.7 Å². The van der Waals surface area contributed by atoms with Gasteiger partial charge in [0.1, 0.15) is 5.65 Å². The van der Waals surface area contributed by atoms with Gasteiger partial charge in [-0.1, -0.05) is 12.1 Å². The molecule has 0 aliphatic rings. The third-order valence-corrected chi connectivity index (χ3v) is 4.84. The number of imidazole rings is 1. The first-order valence-electron chi connectivity index (χ1n) is 8.07. The van der Waals surface area contributed by atoms with Crippen LogP contribution in [0.1, 0.15) is 17.0 Å². The lowest BCUT2D eigenvalue weighted by atomic mass is 10.1. The molecule has 0 aliphatic carbocycles. The molecule has 5 nitrogen and oxygen atoms in total. The fraction of sp³-hybridized carbons (Fsp3) is 0.333. The lowest BCUT2D eigenvalue weighted by molar-refractivity contribution is -0.121. The standard InChI is InChI=1S/C18H21N3O2S/c22-13-14(10-16-4-3-9-24-16)11-19-18(23)7-6-15-12-21-8-2-1-5-17(21)20-15/h1-5,8-9,12,14,22H,6-7,10-11,13H2,(H,19,23). The maximum atomic E-state index is 12.0. The lowest BCUT2D eigenvalue weighted by Gasteiger charge is -2.14. The van der Waals surface area contributed by atoms with Crippen molar-refractivity contribution in [3.63, 3.8) is 0 Å². The third kappa shape index (κ3) is 4.43. The summed E-state index contributed by atoms with van der Waals surface area (Å²) in [4.78, 5) is 17.7. The van der Waals surface area contributed by atoms with Gasteiger partial charge in [0.2, 0.25) is 5.91 Å². The Hall–Kier alpha value is -2.18. The number of hydrogen-bond donors (Lipinski definition) is 2. The van der Waals surface area contributed by atoms with Crippen molar-refractivity contribution < 1.29 is 9.90 Å². The number of carbonyl (C=O) groups is 1. The molecule has 0 saturated heterocycles. The highest BCUT2D eigenvalue weighted by atomic mass is 32.1. The van der Waals surface area contributed by atoms with E-state index in [2.05, 4.69) is 16.4 Å². The van der Waals surface area contributed by atoms with Crippen molar-refractivity contribution in [3.8, 4) is 0 Å². The molecule has 1 unspecified atom stereocenters. The Morgan fingerprint density at radius 1 is 1.33 bits per heavy atom. The van der Waals surface area contributed by atoms with Crippen LogP contribution in [0.3, 0.4) is 0 Å². The summed E-state index contributed by atoms with van der Waals surface area (Å²) in [6.45, 7) is 0.572. The molecule has 1 atom stereocenters. The minimum absolute atomic E-state index is 0.00307. The second kappa shape index (κ2) is 8.08. The zero-order valence-electron chi connectivity index (χ0n) is 13.4. The number of nitrogens with zero attached hydrogens (tertiary/aromatic N) is 2. The van der Waals surface area contributed by atoms with Gasteiger partial charge in [0.15, 0.2) is 0 Å². The van der Waals surface area contributed by atoms with Crippen LogP contribution in [-0.4, -0.2) is 33.6 Å². The van der Waals surface area contributed by atoms with E-state index < -0.39 is 0 Å². The number of pyridine rings is 1. The van der Waals surface area contributed by atoms with Crippen molar-refractivity contribution in [2.24, 2.45) is 5.92 Å². The number of fused-ring (bicyclic) bond motifs is 1. The molecule has 0 aliphatic heterocycles. The Morgan fingerprint density at radius 3 is 3.00 bits per heavy atom. The number of aryl methyl sites for hydroxylation is 1. The summed E-state index contributed by atoms with van der Waals surface area (Å²) >= 11 is 1.68. The van der Waals surface area contributed by atoms with Crippen molar-refractivity contribution in [2.45, 2.75) is 19.3 Å². The van der Waals surface area contributed by atoms with Crippen LogP contribution in [0.4, 0.5) is 0 Å². The summed E-state index contributed by atoms with van der Waals surface area (Å²) in [6, 6.07) is 9.90. The maximum absolute atomic E-state index is 12.0. The molecule has 3 aromatic heterocycles. The second-order valence-electron chi connectivity index (χ2n) is 5.83. The number of aromatic nitrogens is 2. The lowest BCUT2D eigenvalue weighted by Crippen LogP contribution is -2.31. The molecule has 0 aromatic carbocycles. The zero-order valence-corrected chi connectivity index (χ0v) is 14.2. The number of hydrogen-bond acceptors (Lipinski definition) is 4. The Kier molecular flexibility index (Phi) is 5.61. The molecule has 3 heterocycles. The Morgan fingerprint density at radius 2 is 2.25 bits per heavy atom. The van der Waals surface area contributed by atoms with E-state index in [0.717, 1.165) is 17.8 Å². The number of rotatable bonds is 8. The Labute approximate surface area is 145 Å². The normalized spacial score (nSPS) is 12.4. The average Bonchev–Trinajstić information content (AvgIpc) is 3.25. The van der Waals surface area contributed by atoms with Crippen LogP contribution < -0.4 is 5.32 Å². The first kappa shape index (κ1) is 16.7. The summed E-state index contributed by atoms with van der Waals surface area (Å²) in [5, 5.41) is 14.4. The highest BCUT2D eigenvalue weighted by Gasteiger charge is 2.12. The molecular formula is C18H21N3O2S. The average molecular weight is 343 g/mol. The van der Waals surface area contributed by atoms with Crippen LogP contribution in [0, 0.1) is 5.92 Å². The predicted molar refractivity (Wildman–Crippen MR) is 95.1 cm³/mol. The van der Waals surface area contributed by atoms with E-state index in [-0.39, 0.29) is 18.4 Å². The number of carbonyl (C=O) groups excluding carboxylic acids is 1. The van der Waals surface area contributed by atoms with Gasteiger partial charge in [0, 0.05) is 42.8 Å². The topological polar surface area (TPSA) is 66.6 Å². The van der Waals surface area contributed by atoms with Gasteiger partial charge in [-0.15, -0.1) is 11.3 Å². The molecule has 3 rings (SSSR count). The second-order valence-corrected chi connectivity index (χ2v) is 6.87. The van der Waals surface area contributed by atoms with Crippen LogP contribution in [0.25, 0.3) is 5.65 Å². The van der Waals surface area contributed by atoms with E-state index in [1.165, 1.54) is 4.88 Å². The highest BCUT2D eigenvalue weighted by Crippen LogP contribution is 2.14. The summed E-state index contributed by atoms with van der Waals surface area (Å²) in [6.07, 6.45) is 5.71. The highest BCUT2D eigenvalue weighted by molar-refractivity contribution is 7.09. The van der Waals surface area contributed by atoms with Crippen molar-refractivity contribution in [1.29, 1.82) is 0 Å². The number of thiophene rings is 1. The van der Waals surface area contributed by atoms with Crippen LogP contribution in [0.5, 0.6) is 0 Å². The van der Waals surface area contributed by atoms with Gasteiger partial charge >= 0.3 is 0 Å². The molecule has 0 radical (unpaired) electrons. The summed E-state index contributed by atoms with van der Waals surface area (Å²) in [5.74, 6) is 0.0551. The summed E-state index contributed by atoms with van der Waals surface area (Å²) < 4.78 is 1.95. The first-order valence-corrected chi connectivity index (χ1v) is 8.95. The molecule has 0 spiro atoms. The molecule has 0 bridgehead atoms. The molecule has 6 heteroatoms. The van der Waals surface area contributed by atoms with E-state index >= 15 is 0 Å². The minimum Gasteiger partial charge on any atom is -0.396 e. The van der Waals surface area contributed by atoms with Gasteiger partial charge in [-0.25, -0.2) is 4.98 Å². The van der Waals surface area contributed by atoms with Gasteiger partial charge < -0.3 is 14.8 Å². The maximum Gasteiger partial charge on any atom is 0.220 e. The quantitative estimate of drug-likeness (QED) is 0.659. The van der Waals surface area contributed by atoms with Crippen molar-refractivity contribution in [3.05, 3.63) is 58.7 Å². The Balaban J connectivity index is 1.44. The van der Waals surface area contributed by atoms with E-state index in [9.17, 15) is 9.90 Å². The Bertz CT molecular complexity index is 750. The van der Waals surface area contributed by atoms with Crippen LogP contribution >= 0.6 is 11.3 Å². The number of aliphatic hydroxyl groups excluding tert-OH is 1. The van der Waals surface area contributed by atoms with E-state index in [0.29, 0.717) is 19.4 Å². The monoisotopic (exact) mass is 343 g/mol. The van der Waals surface area contributed by atoms with Gasteiger partial charge in [-0.2, -0.15) is 0 Å². The molecule has 2 N–H and O–H groups in total. The summed E-state index contributed by atoms with van der Waals surface area (Å²) in [7, 11) is 0. The zero-order chi connectivity index (χ0) is 16.8. The predicted octanol–water partition coefficient (Wildman–Crippen LogP) is 2.30. The largest absolute Gasteiger partial charge is 0.396 e. The van der Waals surface area contributed by atoms with Crippen molar-refractivity contribution in [2.75, 3.05) is 13.2 Å². The van der Waals surface area contributed by atoms with Crippen LogP contribution in [-0.2, 0) is 17.6 Å². The smallest absolute Gasteiger partial charge is 0.220 e. The molecule has 0 fully saturated rings. The molecular weight excluding hydrogens is 322 g/mol. The van der Waals surface area contributed by atoms with Gasteiger partial charge in [-0.05, 0) is 36.4 Å². The number of amides is 1. The number of nitrogens with one attached hydrogen (secondary N) is 1. The molecule has 0 saturated carbocycles. The SMILES string of the molecule is O=C(CCc1cn2ccccc2n1)NCC(CO)Cc1cccs1. The fourth-order valence-corrected chi connectivity index (χ4v) is 3.43. The van der Waals surface area contributed by atoms with Crippen molar-refractivity contribution >= 4 is 22.9 Å². The van der Waals surface area contributed by atoms with Gasteiger partial charge in [0.05, 0.1) is 5.69 Å². The molecule has 3 aromatic rings. The van der Waals surface area contributed by atoms with Gasteiger partial charge in [0.25, 0.3) is 0 Å². The minimum atomic E-state index is -0.00307. The molecule has 126 valence electrons. The fourth-order valence-electron chi connectivity index (χ4n) is 2.61. The third-order valence-electron chi connectivity index (χ3n) is 3.94. The van der Waals surface area contributed by atoms with E-state index in [1.54, 1.807) is 11.3 Å². The van der Waals surface area contributed by atoms with Crippen LogP contribution in [0.2, 0.25) is 0 Å². The number of aliphatic hydroxyl groups is 1. The van der Waals surface area contributed by atoms with Crippen LogP contribution in [0.15, 0.2) is 48.1 Å². The summed E-state index contributed by atoms with van der Waals surface area (Å²) in [5.41, 5.74) is 1.80. The molecule has 24 heavy (non-hydrogen) atoms. The van der Waals surface area contributed by atoms with E-state index in [1.807, 2.05) is 46.4 Å². The van der Waals surface area contributed by atoms with Gasteiger partial charge in [-0.3, -0.25) is 4.79 Å². The van der Waals surface area contributed by atoms with E-state index in [4.69, 9.17) is 0 Å². The molecule has 1 amide bonds. The first-order chi connectivity index (χ1) is 11.7.